The Morgan fingerprint density at radius 1 is 0.409 bits per heavy atom. The molecule has 0 saturated heterocycles. The van der Waals surface area contributed by atoms with Crippen molar-refractivity contribution in [2.45, 2.75) is 142 Å². The minimum Gasteiger partial charge on any atom is -0.508 e. The van der Waals surface area contributed by atoms with Crippen LogP contribution < -0.4 is 74.9 Å². The van der Waals surface area contributed by atoms with Crippen molar-refractivity contribution in [3.05, 3.63) is 191 Å². The highest BCUT2D eigenvalue weighted by Gasteiger charge is 2.55. The summed E-state index contributed by atoms with van der Waals surface area (Å²) in [6.45, 7) is 25.4. The predicted molar refractivity (Wildman–Crippen MR) is 510 cm³/mol. The van der Waals surface area contributed by atoms with Gasteiger partial charge in [0.2, 0.25) is 41.2 Å². The van der Waals surface area contributed by atoms with Crippen LogP contribution in [0.5, 0.6) is 46.0 Å². The number of nitrogens with one attached hydrogen (secondary N) is 8. The number of phenolic OH excluding ortho intramolecular Hbond substituents is 4. The van der Waals surface area contributed by atoms with Gasteiger partial charge < -0.3 is 133 Å². The minimum atomic E-state index is -1.17. The van der Waals surface area contributed by atoms with E-state index in [-0.39, 0.29) is 119 Å². The van der Waals surface area contributed by atoms with Crippen LogP contribution in [-0.2, 0) is 97.0 Å². The summed E-state index contributed by atoms with van der Waals surface area (Å²) in [6.07, 6.45) is 6.95. The topological polar surface area (TPSA) is 580 Å². The first kappa shape index (κ1) is 113. The van der Waals surface area contributed by atoms with Crippen molar-refractivity contribution in [2.24, 2.45) is 35.0 Å². The average Bonchev–Trinajstić information content (AvgIpc) is 1.57. The number of thiocarbonyl (C=S) groups is 1. The first-order valence-corrected chi connectivity index (χ1v) is 45.8. The zero-order valence-electron chi connectivity index (χ0n) is 78.7. The lowest BCUT2D eigenvalue weighted by Gasteiger charge is -2.36. The summed E-state index contributed by atoms with van der Waals surface area (Å²) in [7, 11) is 0. The number of esters is 2. The van der Waals surface area contributed by atoms with E-state index in [1.165, 1.54) is 69.3 Å². The summed E-state index contributed by atoms with van der Waals surface area (Å²) in [5, 5.41) is 61.1. The van der Waals surface area contributed by atoms with Gasteiger partial charge in [-0.25, -0.2) is 9.59 Å². The van der Waals surface area contributed by atoms with E-state index in [2.05, 4.69) is 73.6 Å². The first-order valence-electron chi connectivity index (χ1n) is 45.4. The molecular formula is C98H133N12O26S+. The molecule has 2 spiro atoms. The molecule has 0 aliphatic carbocycles. The molecule has 4 heterocycles. The molecule has 6 aromatic rings. The van der Waals surface area contributed by atoms with Crippen molar-refractivity contribution in [3.63, 3.8) is 0 Å². The van der Waals surface area contributed by atoms with Gasteiger partial charge in [-0.05, 0) is 125 Å². The summed E-state index contributed by atoms with van der Waals surface area (Å²) in [5.41, 5.74) is 22.2. The molecule has 0 fully saturated rings. The van der Waals surface area contributed by atoms with E-state index in [0.29, 0.717) is 230 Å². The van der Waals surface area contributed by atoms with Gasteiger partial charge in [0.1, 0.15) is 62.8 Å². The molecule has 6 amide bonds. The number of carbonyl (C=O) groups excluding carboxylic acids is 12. The third-order valence-corrected chi connectivity index (χ3v) is 21.8. The molecule has 6 aromatic carbocycles. The Kier molecular flexibility index (Phi) is 49.0. The van der Waals surface area contributed by atoms with E-state index >= 15 is 0 Å². The van der Waals surface area contributed by atoms with Gasteiger partial charge >= 0.3 is 11.9 Å². The van der Waals surface area contributed by atoms with E-state index in [0.717, 1.165) is 32.2 Å². The lowest BCUT2D eigenvalue weighted by atomic mass is 9.77. The van der Waals surface area contributed by atoms with Crippen molar-refractivity contribution in [1.29, 1.82) is 0 Å². The molecule has 137 heavy (non-hydrogen) atoms. The molecule has 0 bridgehead atoms. The normalized spacial score (nSPS) is 13.3. The van der Waals surface area contributed by atoms with E-state index in [4.69, 9.17) is 64.6 Å². The molecule has 0 saturated carbocycles. The summed E-state index contributed by atoms with van der Waals surface area (Å²) in [6, 6.07) is 33.1. The largest absolute Gasteiger partial charge is 0.508 e. The van der Waals surface area contributed by atoms with Crippen molar-refractivity contribution < 1.29 is 131 Å². The molecule has 21 N–H and O–H groups in total. The number of nitrogens with two attached hydrogens (primary N) is 3. The van der Waals surface area contributed by atoms with Gasteiger partial charge in [0.05, 0.1) is 88.7 Å². The first-order chi connectivity index (χ1) is 65.5. The lowest BCUT2D eigenvalue weighted by Crippen LogP contribution is -2.64. The number of phenols is 4. The van der Waals surface area contributed by atoms with Gasteiger partial charge in [0.25, 0.3) is 0 Å². The molecule has 0 aromatic heterocycles. The number of benzene rings is 6. The maximum absolute atomic E-state index is 12.5. The van der Waals surface area contributed by atoms with Gasteiger partial charge in [0.15, 0.2) is 22.8 Å². The van der Waals surface area contributed by atoms with Crippen LogP contribution >= 0.6 is 12.2 Å². The van der Waals surface area contributed by atoms with Crippen molar-refractivity contribution in [1.82, 2.24) is 42.5 Å². The SMILES string of the molecule is C=C(N)NCCC[C@H](CC(=O)CNC(=O)[C@@H](C)CCC(=O)NCCCOCCOCCOCCCNC(C)=O)C(C)=O.C=C(N)NCCC[C@H]([NH3+])C(C)=O.CC(=O)NCCCOCCOCCOCCCNC(=O)CC[C@H](C)C(=O)NCC(=O)C(N)=S.O=C1OC2(c3ccc(O)cc3Oc3cc(O)ccc32)c2ccccc21.O=C1OC2(c3ccc(O)cc3Oc3cc(O)ccc32)c2ccccc21. The number of hydrogen-bond acceptors (Lipinski definition) is 31. The molecule has 4 atom stereocenters. The van der Waals surface area contributed by atoms with Crippen molar-refractivity contribution in [3.8, 4) is 46.0 Å². The highest BCUT2D eigenvalue weighted by atomic mass is 32.1. The standard InChI is InChI=1S/C29H53N5O8.C21H38N4O7S.2C20H12O5.C8H17N3O/c1-22(29(39)34-21-27(37)20-26(23(2)35)8-5-11-31-24(3)30)9-10-28(38)33-13-7-15-41-17-19-42-18-16-40-14-6-12-32-25(4)36;1-16(21(29)25-15-18(27)20(22)33)5-6-19(28)24-8-4-10-31-12-14-32-13-11-30-9-3-7-23-17(2)26;2*21-11-5-7-15-17(9-11)24-18-10-12(22)6-8-16(18)20(15)14-4-2-1-3-13(14)19(23)25-20;1-6(12)8(10)4-3-5-11-7(2)9/h22,26,31H,3,5-21,30H2,1-2,4H3,(H,32,36)(H,33,38)(H,34,39);16H,3-15H2,1-2H3,(H2,22,33)(H,23,26)(H,24,28)(H,25,29);2*1-10,21-22H;8,11H,2-5,9-10H2,1H3/p+1/t22-,26+;16-;;;8-/m00..0/s1. The number of ether oxygens (including phenoxy) is 10. The van der Waals surface area contributed by atoms with Crippen LogP contribution in [0.25, 0.3) is 0 Å². The van der Waals surface area contributed by atoms with E-state index < -0.39 is 46.7 Å². The van der Waals surface area contributed by atoms with Crippen LogP contribution in [-0.4, -0.2) is 234 Å². The molecule has 39 heteroatoms. The van der Waals surface area contributed by atoms with Gasteiger partial charge in [-0.15, -0.1) is 0 Å². The zero-order valence-corrected chi connectivity index (χ0v) is 79.5. The summed E-state index contributed by atoms with van der Waals surface area (Å²) < 4.78 is 56.0. The minimum absolute atomic E-state index is 0.0371. The fourth-order valence-electron chi connectivity index (χ4n) is 14.2. The average molecular weight is 1930 g/mol. The second-order valence-corrected chi connectivity index (χ2v) is 33.0. The highest BCUT2D eigenvalue weighted by molar-refractivity contribution is 7.82. The number of carbonyl (C=O) groups is 12. The van der Waals surface area contributed by atoms with Crippen molar-refractivity contribution in [2.75, 3.05) is 132 Å². The second-order valence-electron chi connectivity index (χ2n) is 32.6. The Labute approximate surface area is 802 Å². The zero-order chi connectivity index (χ0) is 100. The summed E-state index contributed by atoms with van der Waals surface area (Å²) in [4.78, 5) is 141. The number of aromatic hydroxyl groups is 4. The molecule has 10 rings (SSSR count). The Bertz CT molecular complexity index is 4800. The molecule has 0 unspecified atom stereocenters. The monoisotopic (exact) mass is 1930 g/mol. The number of hydrogen-bond donors (Lipinski definition) is 16. The Morgan fingerprint density at radius 2 is 0.730 bits per heavy atom. The van der Waals surface area contributed by atoms with Crippen LogP contribution in [0.2, 0.25) is 0 Å². The third-order valence-electron chi connectivity index (χ3n) is 21.6. The van der Waals surface area contributed by atoms with E-state index in [9.17, 15) is 78.0 Å². The Hall–Kier alpha value is -13.2. The maximum Gasteiger partial charge on any atom is 0.340 e. The molecule has 38 nitrogen and oxygen atoms in total. The fraction of sp³-hybridized carbons (Fsp3) is 0.459. The fourth-order valence-corrected chi connectivity index (χ4v) is 14.3. The van der Waals surface area contributed by atoms with Crippen LogP contribution in [0.4, 0.5) is 0 Å². The molecule has 4 aliphatic rings. The Morgan fingerprint density at radius 3 is 1.06 bits per heavy atom. The molecule has 0 radical (unpaired) electrons. The maximum atomic E-state index is 12.5. The second kappa shape index (κ2) is 59.7. The summed E-state index contributed by atoms with van der Waals surface area (Å²) in [5.74, 6) is -1.24. The quantitative estimate of drug-likeness (QED) is 0.0112. The third kappa shape index (κ3) is 38.2. The highest BCUT2D eigenvalue weighted by Crippen LogP contribution is 2.59. The summed E-state index contributed by atoms with van der Waals surface area (Å²) >= 11 is 4.53. The van der Waals surface area contributed by atoms with E-state index in [1.54, 1.807) is 69.3 Å². The number of quaternary nitrogens is 1. The molecule has 746 valence electrons. The number of Topliss-reactive ketones (excluding diaryl/α,β-unsaturated/α-hetero) is 4. The van der Waals surface area contributed by atoms with Crippen LogP contribution in [0.1, 0.15) is 179 Å². The number of amides is 6. The molecule has 4 aliphatic heterocycles. The van der Waals surface area contributed by atoms with Crippen LogP contribution in [0, 0.1) is 17.8 Å². The van der Waals surface area contributed by atoms with Gasteiger partial charge in [0, 0.05) is 188 Å². The predicted octanol–water partition coefficient (Wildman–Crippen LogP) is 6.34. The lowest BCUT2D eigenvalue weighted by molar-refractivity contribution is -0.404. The van der Waals surface area contributed by atoms with Gasteiger partial charge in [-0.3, -0.25) is 47.9 Å². The van der Waals surface area contributed by atoms with Gasteiger partial charge in [-0.1, -0.05) is 75.6 Å². The van der Waals surface area contributed by atoms with Crippen LogP contribution in [0.3, 0.4) is 0 Å². The molecular weight excluding hydrogens is 1790 g/mol. The van der Waals surface area contributed by atoms with E-state index in [1.807, 2.05) is 24.3 Å². The smallest absolute Gasteiger partial charge is 0.340 e. The number of rotatable bonds is 55. The number of ketones is 4. The van der Waals surface area contributed by atoms with Gasteiger partial charge in [-0.2, -0.15) is 0 Å². The van der Waals surface area contributed by atoms with Crippen LogP contribution in [0.15, 0.2) is 146 Å². The Balaban J connectivity index is 0.000000273. The van der Waals surface area contributed by atoms with Crippen molar-refractivity contribution >= 4 is 87.7 Å². The number of fused-ring (bicyclic) bond motifs is 12.